The van der Waals surface area contributed by atoms with Crippen LogP contribution in [0.15, 0.2) is 66.4 Å². The third-order valence-corrected chi connectivity index (χ3v) is 5.94. The van der Waals surface area contributed by atoms with Gasteiger partial charge in [0.2, 0.25) is 0 Å². The normalized spacial score (nSPS) is 14.3. The highest BCUT2D eigenvalue weighted by atomic mass is 35.5. The first kappa shape index (κ1) is 24.2. The number of nitro benzene ring substituents is 1. The zero-order valence-electron chi connectivity index (χ0n) is 18.8. The van der Waals surface area contributed by atoms with Crippen LogP contribution >= 0.6 is 23.8 Å². The Hall–Kier alpha value is -3.95. The van der Waals surface area contributed by atoms with Crippen LogP contribution in [-0.4, -0.2) is 23.1 Å². The van der Waals surface area contributed by atoms with Crippen LogP contribution in [-0.2, 0) is 11.4 Å². The number of methoxy groups -OCH3 is 1. The van der Waals surface area contributed by atoms with E-state index in [0.29, 0.717) is 27.9 Å². The molecular weight excluding hydrogens is 490 g/mol. The highest BCUT2D eigenvalue weighted by Crippen LogP contribution is 2.31. The number of amides is 1. The fraction of sp³-hybridized carbons (Fsp3) is 0.120. The number of benzene rings is 3. The summed E-state index contributed by atoms with van der Waals surface area (Å²) in [7, 11) is 1.54. The number of anilines is 1. The number of non-ortho nitro benzene ring substituents is 1. The Bertz CT molecular complexity index is 1370. The van der Waals surface area contributed by atoms with Crippen molar-refractivity contribution in [3.05, 3.63) is 98.2 Å². The summed E-state index contributed by atoms with van der Waals surface area (Å²) in [4.78, 5) is 25.0. The topological polar surface area (TPSA) is 93.9 Å². The van der Waals surface area contributed by atoms with E-state index in [0.717, 1.165) is 16.8 Å². The first-order chi connectivity index (χ1) is 16.8. The number of nitrogens with zero attached hydrogens (tertiary/aromatic N) is 2. The van der Waals surface area contributed by atoms with Crippen LogP contribution in [0.4, 0.5) is 11.4 Å². The molecule has 1 aliphatic heterocycles. The molecule has 4 rings (SSSR count). The minimum atomic E-state index is -0.528. The average molecular weight is 510 g/mol. The van der Waals surface area contributed by atoms with Gasteiger partial charge in [-0.3, -0.25) is 19.8 Å². The van der Waals surface area contributed by atoms with E-state index in [9.17, 15) is 14.9 Å². The van der Waals surface area contributed by atoms with Gasteiger partial charge in [-0.2, -0.15) is 0 Å². The number of carbonyl (C=O) groups excluding carboxylic acids is 1. The number of nitro groups is 1. The quantitative estimate of drug-likeness (QED) is 0.197. The minimum Gasteiger partial charge on any atom is -0.496 e. The van der Waals surface area contributed by atoms with Gasteiger partial charge in [0.1, 0.15) is 23.8 Å². The number of rotatable bonds is 7. The molecule has 1 aliphatic rings. The summed E-state index contributed by atoms with van der Waals surface area (Å²) < 4.78 is 11.2. The highest BCUT2D eigenvalue weighted by Gasteiger charge is 2.32. The third kappa shape index (κ3) is 5.11. The van der Waals surface area contributed by atoms with Crippen LogP contribution in [0.5, 0.6) is 11.5 Å². The maximum Gasteiger partial charge on any atom is 0.281 e. The number of ether oxygens (including phenoxy) is 2. The molecule has 0 atom stereocenters. The van der Waals surface area contributed by atoms with Crippen molar-refractivity contribution in [1.82, 2.24) is 5.32 Å². The van der Waals surface area contributed by atoms with Crippen LogP contribution < -0.4 is 19.7 Å². The second-order valence-electron chi connectivity index (χ2n) is 7.65. The molecular formula is C25H20ClN3O5S. The smallest absolute Gasteiger partial charge is 0.281 e. The first-order valence-corrected chi connectivity index (χ1v) is 11.2. The Morgan fingerprint density at radius 3 is 2.57 bits per heavy atom. The number of aryl methyl sites for hydroxylation is 1. The van der Waals surface area contributed by atoms with Crippen LogP contribution in [0.25, 0.3) is 6.08 Å². The second kappa shape index (κ2) is 10.1. The van der Waals surface area contributed by atoms with Gasteiger partial charge in [0, 0.05) is 17.7 Å². The summed E-state index contributed by atoms with van der Waals surface area (Å²) >= 11 is 11.5. The zero-order valence-corrected chi connectivity index (χ0v) is 20.4. The molecule has 0 radical (unpaired) electrons. The lowest BCUT2D eigenvalue weighted by Crippen LogP contribution is -2.30. The monoisotopic (exact) mass is 509 g/mol. The molecule has 1 fully saturated rings. The molecule has 3 aromatic carbocycles. The lowest BCUT2D eigenvalue weighted by atomic mass is 10.1. The molecule has 0 saturated carbocycles. The van der Waals surface area contributed by atoms with E-state index in [-0.39, 0.29) is 23.2 Å². The highest BCUT2D eigenvalue weighted by molar-refractivity contribution is 7.80. The van der Waals surface area contributed by atoms with Crippen molar-refractivity contribution in [2.45, 2.75) is 13.5 Å². The van der Waals surface area contributed by atoms with Gasteiger partial charge in [0.15, 0.2) is 5.11 Å². The summed E-state index contributed by atoms with van der Waals surface area (Å²) in [6.45, 7) is 2.01. The maximum atomic E-state index is 13.1. The molecule has 8 nitrogen and oxygen atoms in total. The Balaban J connectivity index is 1.57. The summed E-state index contributed by atoms with van der Waals surface area (Å²) in [6.07, 6.45) is 1.70. The van der Waals surface area contributed by atoms with E-state index in [1.807, 2.05) is 43.3 Å². The molecule has 1 N–H and O–H groups in total. The molecule has 35 heavy (non-hydrogen) atoms. The first-order valence-electron chi connectivity index (χ1n) is 10.4. The number of para-hydroxylation sites is 1. The van der Waals surface area contributed by atoms with Gasteiger partial charge < -0.3 is 14.8 Å². The van der Waals surface area contributed by atoms with Gasteiger partial charge >= 0.3 is 0 Å². The lowest BCUT2D eigenvalue weighted by molar-refractivity contribution is -0.384. The molecule has 1 heterocycles. The molecule has 0 aromatic heterocycles. The average Bonchev–Trinajstić information content (AvgIpc) is 3.11. The lowest BCUT2D eigenvalue weighted by Gasteiger charge is -2.16. The molecule has 0 unspecified atom stereocenters. The van der Waals surface area contributed by atoms with Gasteiger partial charge in [-0.25, -0.2) is 0 Å². The van der Waals surface area contributed by atoms with Gasteiger partial charge in [-0.15, -0.1) is 0 Å². The number of carbonyl (C=O) groups is 1. The van der Waals surface area contributed by atoms with Gasteiger partial charge in [-0.1, -0.05) is 35.9 Å². The Morgan fingerprint density at radius 2 is 1.89 bits per heavy atom. The molecule has 1 saturated heterocycles. The molecule has 1 amide bonds. The van der Waals surface area contributed by atoms with Crippen molar-refractivity contribution < 1.29 is 19.2 Å². The van der Waals surface area contributed by atoms with E-state index in [2.05, 4.69) is 5.32 Å². The largest absolute Gasteiger partial charge is 0.496 e. The van der Waals surface area contributed by atoms with E-state index >= 15 is 0 Å². The fourth-order valence-electron chi connectivity index (χ4n) is 3.61. The molecule has 10 heteroatoms. The standard InChI is InChI=1S/C25H20ClN3O5S/c1-15-5-3-4-6-21(15)28-24(30)20(27-25(28)35)12-16-7-9-22(33-2)17(11-16)14-34-23-10-8-18(29(31)32)13-19(23)26/h3-13H,14H2,1-2H3,(H,27,35)/b20-12+. The summed E-state index contributed by atoms with van der Waals surface area (Å²) in [5.74, 6) is 0.624. The Labute approximate surface area is 211 Å². The SMILES string of the molecule is COc1ccc(/C=C2/NC(=S)N(c3ccccc3C)C2=O)cc1COc1ccc([N+](=O)[O-])cc1Cl. The van der Waals surface area contributed by atoms with E-state index in [4.69, 9.17) is 33.3 Å². The Kier molecular flexibility index (Phi) is 6.99. The van der Waals surface area contributed by atoms with Crippen molar-refractivity contribution in [1.29, 1.82) is 0 Å². The number of halogens is 1. The van der Waals surface area contributed by atoms with Crippen molar-refractivity contribution >= 4 is 52.3 Å². The van der Waals surface area contributed by atoms with Crippen LogP contribution in [0.3, 0.4) is 0 Å². The number of hydrogen-bond donors (Lipinski definition) is 1. The maximum absolute atomic E-state index is 13.1. The van der Waals surface area contributed by atoms with E-state index in [1.54, 1.807) is 12.1 Å². The number of hydrogen-bond acceptors (Lipinski definition) is 6. The predicted octanol–water partition coefficient (Wildman–Crippen LogP) is 5.41. The molecule has 178 valence electrons. The zero-order chi connectivity index (χ0) is 25.1. The van der Waals surface area contributed by atoms with Crippen molar-refractivity contribution in [3.63, 3.8) is 0 Å². The van der Waals surface area contributed by atoms with Crippen molar-refractivity contribution in [2.24, 2.45) is 0 Å². The van der Waals surface area contributed by atoms with Crippen LogP contribution in [0, 0.1) is 17.0 Å². The predicted molar refractivity (Wildman–Crippen MR) is 138 cm³/mol. The number of nitrogens with one attached hydrogen (secondary N) is 1. The third-order valence-electron chi connectivity index (χ3n) is 5.36. The molecule has 0 aliphatic carbocycles. The van der Waals surface area contributed by atoms with Gasteiger partial charge in [0.25, 0.3) is 11.6 Å². The summed E-state index contributed by atoms with van der Waals surface area (Å²) in [5, 5.41) is 14.3. The van der Waals surface area contributed by atoms with Crippen LogP contribution in [0.2, 0.25) is 5.02 Å². The van der Waals surface area contributed by atoms with Crippen molar-refractivity contribution in [2.75, 3.05) is 12.0 Å². The molecule has 0 bridgehead atoms. The summed E-state index contributed by atoms with van der Waals surface area (Å²) in [5.41, 5.74) is 3.29. The molecule has 3 aromatic rings. The van der Waals surface area contributed by atoms with Crippen molar-refractivity contribution in [3.8, 4) is 11.5 Å². The minimum absolute atomic E-state index is 0.0901. The second-order valence-corrected chi connectivity index (χ2v) is 8.44. The number of thiocarbonyl (C=S) groups is 1. The Morgan fingerprint density at radius 1 is 1.14 bits per heavy atom. The van der Waals surface area contributed by atoms with E-state index < -0.39 is 4.92 Å². The fourth-order valence-corrected chi connectivity index (χ4v) is 4.13. The summed E-state index contributed by atoms with van der Waals surface area (Å²) in [6, 6.07) is 16.9. The van der Waals surface area contributed by atoms with Gasteiger partial charge in [0.05, 0.1) is 22.7 Å². The van der Waals surface area contributed by atoms with Gasteiger partial charge in [-0.05, 0) is 60.6 Å². The molecule has 0 spiro atoms. The van der Waals surface area contributed by atoms with Crippen LogP contribution in [0.1, 0.15) is 16.7 Å². The van der Waals surface area contributed by atoms with E-state index in [1.165, 1.54) is 30.2 Å².